The lowest BCUT2D eigenvalue weighted by molar-refractivity contribution is -0.126. The highest BCUT2D eigenvalue weighted by molar-refractivity contribution is 7.10. The number of piperidine rings is 1. The third-order valence-corrected chi connectivity index (χ3v) is 6.36. The number of likely N-dealkylation sites (tertiary alicyclic amines) is 1. The van der Waals surface area contributed by atoms with Gasteiger partial charge in [-0.25, -0.2) is 0 Å². The van der Waals surface area contributed by atoms with Gasteiger partial charge in [-0.05, 0) is 62.6 Å². The molecule has 3 rings (SSSR count). The van der Waals surface area contributed by atoms with Crippen molar-refractivity contribution in [3.63, 3.8) is 0 Å². The molecule has 2 heterocycles. The minimum Gasteiger partial charge on any atom is -0.354 e. The molecule has 0 saturated carbocycles. The van der Waals surface area contributed by atoms with E-state index < -0.39 is 0 Å². The van der Waals surface area contributed by atoms with E-state index in [9.17, 15) is 9.59 Å². The first kappa shape index (κ1) is 20.8. The summed E-state index contributed by atoms with van der Waals surface area (Å²) in [7, 11) is 4.04. The number of halogens is 1. The molecule has 28 heavy (non-hydrogen) atoms. The van der Waals surface area contributed by atoms with E-state index >= 15 is 0 Å². The molecule has 150 valence electrons. The molecule has 7 heteroatoms. The van der Waals surface area contributed by atoms with E-state index in [2.05, 4.69) is 21.7 Å². The summed E-state index contributed by atoms with van der Waals surface area (Å²) in [5, 5.41) is 5.76. The van der Waals surface area contributed by atoms with Gasteiger partial charge in [0.2, 0.25) is 5.91 Å². The van der Waals surface area contributed by atoms with Gasteiger partial charge in [0.05, 0.1) is 12.0 Å². The molecular formula is C21H26ClN3O2S. The number of likely N-dealkylation sites (N-methyl/N-ethyl adjacent to an activating group) is 1. The van der Waals surface area contributed by atoms with Gasteiger partial charge in [0.25, 0.3) is 5.91 Å². The molecule has 1 aromatic carbocycles. The van der Waals surface area contributed by atoms with Gasteiger partial charge in [-0.3, -0.25) is 9.59 Å². The number of nitrogens with zero attached hydrogens (tertiary/aromatic N) is 2. The Morgan fingerprint density at radius 1 is 1.29 bits per heavy atom. The number of rotatable bonds is 6. The van der Waals surface area contributed by atoms with Crippen LogP contribution in [0, 0.1) is 5.92 Å². The Kier molecular flexibility index (Phi) is 7.10. The first-order valence-electron chi connectivity index (χ1n) is 9.48. The third-order valence-electron chi connectivity index (χ3n) is 5.14. The average Bonchev–Trinajstić information content (AvgIpc) is 3.22. The molecule has 2 amide bonds. The first-order valence-corrected chi connectivity index (χ1v) is 10.7. The second kappa shape index (κ2) is 9.54. The molecule has 1 fully saturated rings. The quantitative estimate of drug-likeness (QED) is 0.777. The molecule has 2 atom stereocenters. The molecule has 0 radical (unpaired) electrons. The number of benzene rings is 1. The van der Waals surface area contributed by atoms with Crippen molar-refractivity contribution in [1.82, 2.24) is 15.1 Å². The smallest absolute Gasteiger partial charge is 0.253 e. The van der Waals surface area contributed by atoms with Gasteiger partial charge in [0.1, 0.15) is 0 Å². The monoisotopic (exact) mass is 419 g/mol. The van der Waals surface area contributed by atoms with E-state index in [4.69, 9.17) is 11.6 Å². The summed E-state index contributed by atoms with van der Waals surface area (Å²) >= 11 is 7.60. The number of amides is 2. The predicted octanol–water partition coefficient (Wildman–Crippen LogP) is 3.67. The molecule has 5 nitrogen and oxygen atoms in total. The summed E-state index contributed by atoms with van der Waals surface area (Å²) in [5.41, 5.74) is 0.607. The maximum atomic E-state index is 12.8. The molecular weight excluding hydrogens is 394 g/mol. The summed E-state index contributed by atoms with van der Waals surface area (Å²) < 4.78 is 0. The van der Waals surface area contributed by atoms with E-state index in [0.29, 0.717) is 30.2 Å². The fourth-order valence-electron chi connectivity index (χ4n) is 3.51. The molecule has 1 aliphatic rings. The Labute approximate surface area is 175 Å². The number of thiophene rings is 1. The van der Waals surface area contributed by atoms with E-state index in [-0.39, 0.29) is 23.8 Å². The van der Waals surface area contributed by atoms with Crippen LogP contribution in [0.1, 0.15) is 34.1 Å². The van der Waals surface area contributed by atoms with Gasteiger partial charge in [0.15, 0.2) is 0 Å². The first-order chi connectivity index (χ1) is 13.5. The SMILES string of the molecule is CN(C)C(CNC(=O)C1CCCN(C(=O)c2ccc(Cl)cc2)C1)c1cccs1. The molecule has 2 unspecified atom stereocenters. The van der Waals surface area contributed by atoms with Crippen molar-refractivity contribution >= 4 is 34.8 Å². The predicted molar refractivity (Wildman–Crippen MR) is 114 cm³/mol. The largest absolute Gasteiger partial charge is 0.354 e. The van der Waals surface area contributed by atoms with Crippen LogP contribution in [0.5, 0.6) is 0 Å². The van der Waals surface area contributed by atoms with Gasteiger partial charge in [-0.2, -0.15) is 0 Å². The molecule has 0 aliphatic carbocycles. The van der Waals surface area contributed by atoms with Crippen LogP contribution < -0.4 is 5.32 Å². The molecule has 1 saturated heterocycles. The van der Waals surface area contributed by atoms with Crippen molar-refractivity contribution in [1.29, 1.82) is 0 Å². The van der Waals surface area contributed by atoms with Crippen LogP contribution in [0.2, 0.25) is 5.02 Å². The van der Waals surface area contributed by atoms with E-state index in [1.807, 2.05) is 20.2 Å². The zero-order valence-corrected chi connectivity index (χ0v) is 17.8. The highest BCUT2D eigenvalue weighted by Crippen LogP contribution is 2.23. The van der Waals surface area contributed by atoms with E-state index in [1.165, 1.54) is 4.88 Å². The van der Waals surface area contributed by atoms with Gasteiger partial charge >= 0.3 is 0 Å². The number of nitrogens with one attached hydrogen (secondary N) is 1. The lowest BCUT2D eigenvalue weighted by Crippen LogP contribution is -2.46. The molecule has 0 spiro atoms. The maximum absolute atomic E-state index is 12.8. The average molecular weight is 420 g/mol. The Morgan fingerprint density at radius 2 is 2.04 bits per heavy atom. The van der Waals surface area contributed by atoms with Crippen molar-refractivity contribution < 1.29 is 9.59 Å². The summed E-state index contributed by atoms with van der Waals surface area (Å²) in [4.78, 5) is 30.6. The van der Waals surface area contributed by atoms with Crippen LogP contribution in [-0.4, -0.2) is 55.3 Å². The highest BCUT2D eigenvalue weighted by Gasteiger charge is 2.29. The van der Waals surface area contributed by atoms with Crippen molar-refractivity contribution in [3.8, 4) is 0 Å². The van der Waals surface area contributed by atoms with Gasteiger partial charge < -0.3 is 15.1 Å². The fraction of sp³-hybridized carbons (Fsp3) is 0.429. The minimum absolute atomic E-state index is 0.0250. The number of carbonyl (C=O) groups excluding carboxylic acids is 2. The summed E-state index contributed by atoms with van der Waals surface area (Å²) in [5.74, 6) is -0.188. The van der Waals surface area contributed by atoms with E-state index in [0.717, 1.165) is 12.8 Å². The second-order valence-electron chi connectivity index (χ2n) is 7.34. The Hall–Kier alpha value is -1.89. The number of hydrogen-bond acceptors (Lipinski definition) is 4. The van der Waals surface area contributed by atoms with Crippen LogP contribution >= 0.6 is 22.9 Å². The van der Waals surface area contributed by atoms with Crippen LogP contribution in [0.25, 0.3) is 0 Å². The Morgan fingerprint density at radius 3 is 2.68 bits per heavy atom. The Bertz CT molecular complexity index is 792. The highest BCUT2D eigenvalue weighted by atomic mass is 35.5. The third kappa shape index (κ3) is 5.13. The summed E-state index contributed by atoms with van der Waals surface area (Å²) in [6.07, 6.45) is 1.64. The van der Waals surface area contributed by atoms with Crippen LogP contribution in [0.4, 0.5) is 0 Å². The van der Waals surface area contributed by atoms with E-state index in [1.54, 1.807) is 40.5 Å². The zero-order valence-electron chi connectivity index (χ0n) is 16.2. The van der Waals surface area contributed by atoms with Gasteiger partial charge in [-0.1, -0.05) is 17.7 Å². The summed E-state index contributed by atoms with van der Waals surface area (Å²) in [6, 6.07) is 11.2. The van der Waals surface area contributed by atoms with Gasteiger partial charge in [0, 0.05) is 35.1 Å². The number of hydrogen-bond donors (Lipinski definition) is 1. The van der Waals surface area contributed by atoms with Gasteiger partial charge in [-0.15, -0.1) is 11.3 Å². The lowest BCUT2D eigenvalue weighted by Gasteiger charge is -2.33. The zero-order chi connectivity index (χ0) is 20.1. The Balaban J connectivity index is 1.58. The van der Waals surface area contributed by atoms with Crippen LogP contribution in [-0.2, 0) is 4.79 Å². The molecule has 1 aromatic heterocycles. The topological polar surface area (TPSA) is 52.7 Å². The molecule has 1 aliphatic heterocycles. The standard InChI is InChI=1S/C21H26ClN3O2S/c1-24(2)18(19-6-4-12-28-19)13-23-20(26)16-5-3-11-25(14-16)21(27)15-7-9-17(22)10-8-15/h4,6-10,12,16,18H,3,5,11,13-14H2,1-2H3,(H,23,26). The summed E-state index contributed by atoms with van der Waals surface area (Å²) in [6.45, 7) is 1.70. The minimum atomic E-state index is -0.170. The van der Waals surface area contributed by atoms with Crippen molar-refractivity contribution in [2.45, 2.75) is 18.9 Å². The van der Waals surface area contributed by atoms with Crippen LogP contribution in [0.3, 0.4) is 0 Å². The van der Waals surface area contributed by atoms with Crippen molar-refractivity contribution in [3.05, 3.63) is 57.2 Å². The second-order valence-corrected chi connectivity index (χ2v) is 8.75. The molecule has 2 aromatic rings. The fourth-order valence-corrected chi connectivity index (χ4v) is 4.56. The maximum Gasteiger partial charge on any atom is 0.253 e. The van der Waals surface area contributed by atoms with Crippen molar-refractivity contribution in [2.75, 3.05) is 33.7 Å². The molecule has 1 N–H and O–H groups in total. The normalized spacial score (nSPS) is 18.1. The molecule has 0 bridgehead atoms. The number of carbonyl (C=O) groups is 2. The van der Waals surface area contributed by atoms with Crippen molar-refractivity contribution in [2.24, 2.45) is 5.92 Å². The lowest BCUT2D eigenvalue weighted by atomic mass is 9.96. The van der Waals surface area contributed by atoms with Crippen LogP contribution in [0.15, 0.2) is 41.8 Å².